The van der Waals surface area contributed by atoms with E-state index in [1.165, 1.54) is 0 Å². The number of benzene rings is 1. The molecule has 0 saturated carbocycles. The summed E-state index contributed by atoms with van der Waals surface area (Å²) in [6.07, 6.45) is 2.00. The summed E-state index contributed by atoms with van der Waals surface area (Å²) in [6, 6.07) is 3.85. The van der Waals surface area contributed by atoms with Gasteiger partial charge in [0.15, 0.2) is 11.5 Å². The van der Waals surface area contributed by atoms with Gasteiger partial charge in [-0.15, -0.1) is 24.2 Å². The fourth-order valence-electron chi connectivity index (χ4n) is 2.03. The zero-order valence-corrected chi connectivity index (χ0v) is 15.3. The topological polar surface area (TPSA) is 64.8 Å². The largest absolute Gasteiger partial charge is 0.493 e. The number of ether oxygens (including phenoxy) is 2. The maximum atomic E-state index is 12.1. The van der Waals surface area contributed by atoms with Crippen molar-refractivity contribution in [1.82, 2.24) is 4.90 Å². The molecule has 0 spiro atoms. The van der Waals surface area contributed by atoms with E-state index < -0.39 is 0 Å². The number of nitrogens with zero attached hydrogens (tertiary/aromatic N) is 1. The van der Waals surface area contributed by atoms with Crippen molar-refractivity contribution in [2.24, 2.45) is 11.7 Å². The van der Waals surface area contributed by atoms with E-state index in [9.17, 15) is 4.79 Å². The molecule has 1 aromatic rings. The van der Waals surface area contributed by atoms with Crippen LogP contribution in [0.4, 0.5) is 0 Å². The maximum Gasteiger partial charge on any atom is 0.226 e. The molecule has 126 valence electrons. The molecule has 0 radical (unpaired) electrons. The van der Waals surface area contributed by atoms with Crippen LogP contribution < -0.4 is 15.2 Å². The average Bonchev–Trinajstić information content (AvgIpc) is 2.52. The van der Waals surface area contributed by atoms with E-state index in [-0.39, 0.29) is 24.2 Å². The molecular weight excluding hydrogens is 324 g/mol. The molecule has 1 atom stereocenters. The van der Waals surface area contributed by atoms with Crippen molar-refractivity contribution in [3.05, 3.63) is 17.7 Å². The molecule has 1 rings (SSSR count). The van der Waals surface area contributed by atoms with Gasteiger partial charge in [-0.3, -0.25) is 4.79 Å². The van der Waals surface area contributed by atoms with Gasteiger partial charge in [0.25, 0.3) is 0 Å². The van der Waals surface area contributed by atoms with Crippen molar-refractivity contribution >= 4 is 30.1 Å². The Kier molecular flexibility index (Phi) is 9.32. The number of nitrogens with two attached hydrogens (primary N) is 1. The van der Waals surface area contributed by atoms with Gasteiger partial charge < -0.3 is 20.1 Å². The van der Waals surface area contributed by atoms with Crippen LogP contribution in [0.1, 0.15) is 12.5 Å². The Hall–Kier alpha value is -1.11. The third-order valence-corrected chi connectivity index (χ3v) is 4.17. The van der Waals surface area contributed by atoms with Crippen LogP contribution in [0.25, 0.3) is 0 Å². The maximum absolute atomic E-state index is 12.1. The number of hydrogen-bond donors (Lipinski definition) is 1. The molecular formula is C15H25ClN2O3S. The van der Waals surface area contributed by atoms with Crippen LogP contribution in [0.3, 0.4) is 0 Å². The van der Waals surface area contributed by atoms with Crippen LogP contribution in [-0.2, 0) is 11.3 Å². The van der Waals surface area contributed by atoms with Gasteiger partial charge in [0.1, 0.15) is 0 Å². The molecule has 22 heavy (non-hydrogen) atoms. The number of halogens is 1. The second kappa shape index (κ2) is 9.82. The molecule has 0 bridgehead atoms. The number of thioether (sulfide) groups is 1. The van der Waals surface area contributed by atoms with E-state index in [1.54, 1.807) is 37.9 Å². The second-order valence-corrected chi connectivity index (χ2v) is 5.70. The first-order chi connectivity index (χ1) is 9.98. The lowest BCUT2D eigenvalue weighted by atomic mass is 10.1. The number of carbonyl (C=O) groups is 1. The van der Waals surface area contributed by atoms with E-state index in [1.807, 2.05) is 25.3 Å². The summed E-state index contributed by atoms with van der Waals surface area (Å²) in [5, 5.41) is 0. The molecule has 0 saturated heterocycles. The molecule has 7 heteroatoms. The van der Waals surface area contributed by atoms with Crippen LogP contribution in [0.5, 0.6) is 11.5 Å². The van der Waals surface area contributed by atoms with Crippen molar-refractivity contribution in [3.63, 3.8) is 0 Å². The van der Waals surface area contributed by atoms with Gasteiger partial charge in [-0.1, -0.05) is 6.92 Å². The van der Waals surface area contributed by atoms with Crippen LogP contribution in [0, 0.1) is 5.92 Å². The van der Waals surface area contributed by atoms with Crippen molar-refractivity contribution in [3.8, 4) is 11.5 Å². The minimum absolute atomic E-state index is 0. The lowest BCUT2D eigenvalue weighted by molar-refractivity contribution is -0.133. The minimum atomic E-state index is -0.173. The average molecular weight is 349 g/mol. The molecule has 0 aliphatic carbocycles. The molecule has 0 aromatic heterocycles. The fourth-order valence-corrected chi connectivity index (χ4v) is 2.64. The van der Waals surface area contributed by atoms with Crippen molar-refractivity contribution in [1.29, 1.82) is 0 Å². The SMILES string of the molecule is COc1cc(CN(C)C(=O)C(C)CN)c(SC)cc1OC.Cl. The minimum Gasteiger partial charge on any atom is -0.493 e. The summed E-state index contributed by atoms with van der Waals surface area (Å²) < 4.78 is 10.6. The molecule has 1 aromatic carbocycles. The van der Waals surface area contributed by atoms with E-state index in [0.29, 0.717) is 24.6 Å². The lowest BCUT2D eigenvalue weighted by Gasteiger charge is -2.22. The zero-order chi connectivity index (χ0) is 16.0. The molecule has 1 amide bonds. The molecule has 0 fully saturated rings. The normalized spacial score (nSPS) is 11.4. The molecule has 0 heterocycles. The smallest absolute Gasteiger partial charge is 0.226 e. The highest BCUT2D eigenvalue weighted by Crippen LogP contribution is 2.35. The van der Waals surface area contributed by atoms with Gasteiger partial charge >= 0.3 is 0 Å². The van der Waals surface area contributed by atoms with Crippen molar-refractivity contribution in [2.45, 2.75) is 18.4 Å². The Labute approximate surface area is 142 Å². The lowest BCUT2D eigenvalue weighted by Crippen LogP contribution is -2.34. The summed E-state index contributed by atoms with van der Waals surface area (Å²) in [5.74, 6) is 1.22. The third kappa shape index (κ3) is 4.97. The zero-order valence-electron chi connectivity index (χ0n) is 13.7. The van der Waals surface area contributed by atoms with Gasteiger partial charge in [-0.2, -0.15) is 0 Å². The van der Waals surface area contributed by atoms with E-state index in [2.05, 4.69) is 0 Å². The fraction of sp³-hybridized carbons (Fsp3) is 0.533. The summed E-state index contributed by atoms with van der Waals surface area (Å²) >= 11 is 1.61. The Balaban J connectivity index is 0.00000441. The third-order valence-electron chi connectivity index (χ3n) is 3.35. The second-order valence-electron chi connectivity index (χ2n) is 4.85. The molecule has 1 unspecified atom stereocenters. The molecule has 2 N–H and O–H groups in total. The molecule has 0 aliphatic heterocycles. The number of hydrogen-bond acceptors (Lipinski definition) is 5. The van der Waals surface area contributed by atoms with E-state index in [0.717, 1.165) is 10.5 Å². The number of carbonyl (C=O) groups excluding carboxylic acids is 1. The van der Waals surface area contributed by atoms with Gasteiger partial charge in [-0.25, -0.2) is 0 Å². The molecule has 0 aliphatic rings. The van der Waals surface area contributed by atoms with Crippen molar-refractivity contribution in [2.75, 3.05) is 34.1 Å². The first-order valence-corrected chi connectivity index (χ1v) is 7.94. The highest BCUT2D eigenvalue weighted by Gasteiger charge is 2.18. The first kappa shape index (κ1) is 20.9. The van der Waals surface area contributed by atoms with E-state index in [4.69, 9.17) is 15.2 Å². The highest BCUT2D eigenvalue weighted by molar-refractivity contribution is 7.98. The summed E-state index contributed by atoms with van der Waals surface area (Å²) in [4.78, 5) is 14.9. The highest BCUT2D eigenvalue weighted by atomic mass is 35.5. The Bertz CT molecular complexity index is 500. The Morgan fingerprint density at radius 3 is 2.32 bits per heavy atom. The van der Waals surface area contributed by atoms with Crippen LogP contribution >= 0.6 is 24.2 Å². The van der Waals surface area contributed by atoms with Gasteiger partial charge in [-0.05, 0) is 24.0 Å². The van der Waals surface area contributed by atoms with Gasteiger partial charge in [0.2, 0.25) is 5.91 Å². The summed E-state index contributed by atoms with van der Waals surface area (Å²) in [5.41, 5.74) is 6.58. The van der Waals surface area contributed by atoms with Crippen molar-refractivity contribution < 1.29 is 14.3 Å². The standard InChI is InChI=1S/C15H24N2O3S.ClH/c1-10(8-16)15(18)17(2)9-11-6-12(19-3)13(20-4)7-14(11)21-5;/h6-7,10H,8-9,16H2,1-5H3;1H. The van der Waals surface area contributed by atoms with Gasteiger partial charge in [0.05, 0.1) is 14.2 Å². The summed E-state index contributed by atoms with van der Waals surface area (Å²) in [6.45, 7) is 2.70. The quantitative estimate of drug-likeness (QED) is 0.766. The van der Waals surface area contributed by atoms with Crippen LogP contribution in [-0.4, -0.2) is 44.9 Å². The predicted octanol–water partition coefficient (Wildman–Crippen LogP) is 2.40. The molecule has 5 nitrogen and oxygen atoms in total. The first-order valence-electron chi connectivity index (χ1n) is 6.72. The van der Waals surface area contributed by atoms with Crippen LogP contribution in [0.2, 0.25) is 0 Å². The summed E-state index contributed by atoms with van der Waals surface area (Å²) in [7, 11) is 5.00. The predicted molar refractivity (Wildman–Crippen MR) is 93.3 cm³/mol. The number of amides is 1. The van der Waals surface area contributed by atoms with Gasteiger partial charge in [0, 0.05) is 31.0 Å². The van der Waals surface area contributed by atoms with Crippen LogP contribution in [0.15, 0.2) is 17.0 Å². The Morgan fingerprint density at radius 2 is 1.86 bits per heavy atom. The monoisotopic (exact) mass is 348 g/mol. The number of rotatable bonds is 7. The number of methoxy groups -OCH3 is 2. The Morgan fingerprint density at radius 1 is 1.32 bits per heavy atom. The van der Waals surface area contributed by atoms with E-state index >= 15 is 0 Å².